The van der Waals surface area contributed by atoms with Gasteiger partial charge in [0.1, 0.15) is 12.7 Å². The van der Waals surface area contributed by atoms with E-state index in [1.165, 1.54) is 0 Å². The lowest BCUT2D eigenvalue weighted by Gasteiger charge is -2.44. The summed E-state index contributed by atoms with van der Waals surface area (Å²) in [4.78, 5) is 12.1. The summed E-state index contributed by atoms with van der Waals surface area (Å²) in [7, 11) is -2.01. The Morgan fingerprint density at radius 1 is 1.18 bits per heavy atom. The Morgan fingerprint density at radius 3 is 2.11 bits per heavy atom. The van der Waals surface area contributed by atoms with E-state index in [-0.39, 0.29) is 23.7 Å². The van der Waals surface area contributed by atoms with Gasteiger partial charge in [0.15, 0.2) is 8.32 Å². The van der Waals surface area contributed by atoms with Crippen molar-refractivity contribution in [3.63, 3.8) is 0 Å². The Hall–Kier alpha value is 0.0569. The fourth-order valence-electron chi connectivity index (χ4n) is 2.54. The number of carbonyl (C=O) groups excluding carboxylic acids is 1. The monoisotopic (exact) mass is 474 g/mol. The molecular weight excluding hydrogens is 439 g/mol. The number of rotatable bonds is 10. The maximum atomic E-state index is 12.1. The molecule has 0 spiro atoms. The highest BCUT2D eigenvalue weighted by atomic mass is 35.6. The summed E-state index contributed by atoms with van der Waals surface area (Å²) in [5.41, 5.74) is 0. The normalized spacial score (nSPS) is 17.4. The molecular formula is C20H37Cl3O4Si. The average molecular weight is 476 g/mol. The first-order valence-electron chi connectivity index (χ1n) is 9.74. The summed E-state index contributed by atoms with van der Waals surface area (Å²) < 4.78 is 15.6. The molecule has 0 fully saturated rings. The maximum Gasteiger partial charge on any atom is 0.508 e. The zero-order valence-electron chi connectivity index (χ0n) is 18.5. The van der Waals surface area contributed by atoms with Gasteiger partial charge in [0.05, 0.1) is 6.10 Å². The molecule has 0 aromatic carbocycles. The number of carbonyl (C=O) groups is 1. The van der Waals surface area contributed by atoms with E-state index in [0.717, 1.165) is 6.42 Å². The van der Waals surface area contributed by atoms with Crippen LogP contribution in [-0.2, 0) is 13.9 Å². The van der Waals surface area contributed by atoms with Gasteiger partial charge in [0.2, 0.25) is 3.79 Å². The maximum absolute atomic E-state index is 12.1. The van der Waals surface area contributed by atoms with E-state index in [0.29, 0.717) is 12.3 Å². The number of alkyl halides is 3. The first-order chi connectivity index (χ1) is 12.6. The first kappa shape index (κ1) is 28.1. The lowest BCUT2D eigenvalue weighted by Crippen LogP contribution is -2.49. The van der Waals surface area contributed by atoms with Crippen LogP contribution in [0.4, 0.5) is 4.79 Å². The molecule has 8 heteroatoms. The van der Waals surface area contributed by atoms with Crippen LogP contribution >= 0.6 is 34.8 Å². The minimum atomic E-state index is -2.01. The standard InChI is InChI=1S/C20H37Cl3O4Si/c1-10-12-16(26-18(24)25-13-20(21,22)23)15(4)17(14(3)11-2)27-28(8,9)19(5,6)7/h10,14-17H,1,11-13H2,2-9H3/t14-,15-,16-,17-/m0/s1. The molecule has 0 N–H and O–H groups in total. The van der Waals surface area contributed by atoms with Gasteiger partial charge in [-0.2, -0.15) is 0 Å². The fourth-order valence-corrected chi connectivity index (χ4v) is 4.18. The lowest BCUT2D eigenvalue weighted by atomic mass is 9.87. The summed E-state index contributed by atoms with van der Waals surface area (Å²) in [6, 6.07) is 0. The van der Waals surface area contributed by atoms with E-state index in [4.69, 9.17) is 48.7 Å². The van der Waals surface area contributed by atoms with Crippen molar-refractivity contribution >= 4 is 49.3 Å². The zero-order chi connectivity index (χ0) is 22.3. The van der Waals surface area contributed by atoms with E-state index in [2.05, 4.69) is 54.3 Å². The van der Waals surface area contributed by atoms with Crippen molar-refractivity contribution in [2.24, 2.45) is 11.8 Å². The van der Waals surface area contributed by atoms with Crippen molar-refractivity contribution in [1.82, 2.24) is 0 Å². The van der Waals surface area contributed by atoms with Crippen LogP contribution in [0, 0.1) is 11.8 Å². The molecule has 0 bridgehead atoms. The van der Waals surface area contributed by atoms with E-state index in [9.17, 15) is 4.79 Å². The van der Waals surface area contributed by atoms with E-state index < -0.39 is 24.4 Å². The number of halogens is 3. The van der Waals surface area contributed by atoms with Crippen LogP contribution < -0.4 is 0 Å². The Balaban J connectivity index is 5.43. The summed E-state index contributed by atoms with van der Waals surface area (Å²) in [5.74, 6) is 0.250. The van der Waals surface area contributed by atoms with Gasteiger partial charge in [0.25, 0.3) is 0 Å². The van der Waals surface area contributed by atoms with Crippen molar-refractivity contribution in [3.8, 4) is 0 Å². The molecule has 0 radical (unpaired) electrons. The fraction of sp³-hybridized carbons (Fsp3) is 0.850. The van der Waals surface area contributed by atoms with Crippen molar-refractivity contribution < 1.29 is 18.7 Å². The van der Waals surface area contributed by atoms with Gasteiger partial charge in [-0.05, 0) is 24.1 Å². The Bertz CT molecular complexity index is 501. The van der Waals surface area contributed by atoms with Crippen molar-refractivity contribution in [2.45, 2.75) is 88.5 Å². The van der Waals surface area contributed by atoms with Crippen LogP contribution in [0.1, 0.15) is 54.4 Å². The van der Waals surface area contributed by atoms with Crippen LogP contribution in [0.25, 0.3) is 0 Å². The molecule has 0 saturated heterocycles. The molecule has 0 aromatic rings. The zero-order valence-corrected chi connectivity index (χ0v) is 21.7. The second-order valence-electron chi connectivity index (χ2n) is 8.92. The molecule has 0 amide bonds. The minimum Gasteiger partial charge on any atom is -0.430 e. The molecule has 0 aliphatic heterocycles. The minimum absolute atomic E-state index is 0.0533. The van der Waals surface area contributed by atoms with Gasteiger partial charge in [0, 0.05) is 12.3 Å². The van der Waals surface area contributed by atoms with Crippen molar-refractivity contribution in [1.29, 1.82) is 0 Å². The molecule has 0 aliphatic carbocycles. The number of ether oxygens (including phenoxy) is 2. The first-order valence-corrected chi connectivity index (χ1v) is 13.8. The van der Waals surface area contributed by atoms with E-state index >= 15 is 0 Å². The van der Waals surface area contributed by atoms with Gasteiger partial charge in [-0.25, -0.2) is 4.79 Å². The van der Waals surface area contributed by atoms with Gasteiger partial charge in [-0.15, -0.1) is 6.58 Å². The molecule has 0 aromatic heterocycles. The number of hydrogen-bond acceptors (Lipinski definition) is 4. The molecule has 0 heterocycles. The highest BCUT2D eigenvalue weighted by Crippen LogP contribution is 2.40. The summed E-state index contributed by atoms with van der Waals surface area (Å²) in [6.45, 7) is 20.9. The third-order valence-corrected chi connectivity index (χ3v) is 10.3. The molecule has 0 unspecified atom stereocenters. The second kappa shape index (κ2) is 11.4. The van der Waals surface area contributed by atoms with Crippen LogP contribution in [0.5, 0.6) is 0 Å². The number of hydrogen-bond donors (Lipinski definition) is 0. The third kappa shape index (κ3) is 9.71. The van der Waals surface area contributed by atoms with Crippen LogP contribution in [0.2, 0.25) is 18.1 Å². The van der Waals surface area contributed by atoms with Gasteiger partial charge in [-0.1, -0.05) is 88.8 Å². The Labute approximate surface area is 187 Å². The molecule has 0 aliphatic rings. The molecule has 4 atom stereocenters. The molecule has 0 rings (SSSR count). The smallest absolute Gasteiger partial charge is 0.430 e. The molecule has 166 valence electrons. The summed E-state index contributed by atoms with van der Waals surface area (Å²) in [5, 5.41) is 0.0799. The van der Waals surface area contributed by atoms with Gasteiger partial charge >= 0.3 is 6.16 Å². The summed E-state index contributed by atoms with van der Waals surface area (Å²) >= 11 is 16.9. The molecule has 0 saturated carbocycles. The van der Waals surface area contributed by atoms with Crippen LogP contribution in [0.3, 0.4) is 0 Å². The predicted molar refractivity (Wildman–Crippen MR) is 122 cm³/mol. The van der Waals surface area contributed by atoms with E-state index in [1.54, 1.807) is 6.08 Å². The second-order valence-corrected chi connectivity index (χ2v) is 16.2. The quantitative estimate of drug-likeness (QED) is 0.142. The Kier molecular flexibility index (Phi) is 11.5. The highest BCUT2D eigenvalue weighted by Gasteiger charge is 2.43. The van der Waals surface area contributed by atoms with Crippen LogP contribution in [0.15, 0.2) is 12.7 Å². The van der Waals surface area contributed by atoms with Crippen molar-refractivity contribution in [3.05, 3.63) is 12.7 Å². The van der Waals surface area contributed by atoms with Crippen LogP contribution in [-0.4, -0.2) is 37.1 Å². The van der Waals surface area contributed by atoms with Gasteiger partial charge < -0.3 is 13.9 Å². The average Bonchev–Trinajstić information content (AvgIpc) is 2.54. The molecule has 4 nitrogen and oxygen atoms in total. The largest absolute Gasteiger partial charge is 0.508 e. The third-order valence-electron chi connectivity index (χ3n) is 5.55. The lowest BCUT2D eigenvalue weighted by molar-refractivity contribution is -0.0340. The highest BCUT2D eigenvalue weighted by molar-refractivity contribution is 6.74. The van der Waals surface area contributed by atoms with E-state index in [1.807, 2.05) is 6.92 Å². The Morgan fingerprint density at radius 2 is 1.71 bits per heavy atom. The molecule has 28 heavy (non-hydrogen) atoms. The van der Waals surface area contributed by atoms with Gasteiger partial charge in [-0.3, -0.25) is 0 Å². The topological polar surface area (TPSA) is 44.8 Å². The SMILES string of the molecule is C=CC[C@H](OC(=O)OCC(Cl)(Cl)Cl)[C@H](C)[C@@H](O[Si](C)(C)C(C)(C)C)[C@@H](C)CC. The predicted octanol–water partition coefficient (Wildman–Crippen LogP) is 7.53. The van der Waals surface area contributed by atoms with Crippen molar-refractivity contribution in [2.75, 3.05) is 6.61 Å². The summed E-state index contributed by atoms with van der Waals surface area (Å²) in [6.07, 6.45) is 1.81.